The van der Waals surface area contributed by atoms with Crippen molar-refractivity contribution in [1.82, 2.24) is 4.90 Å². The number of ether oxygens (including phenoxy) is 1. The molecule has 94 valence electrons. The van der Waals surface area contributed by atoms with Gasteiger partial charge in [0.05, 0.1) is 19.1 Å². The van der Waals surface area contributed by atoms with Crippen molar-refractivity contribution < 1.29 is 19.4 Å². The Kier molecular flexibility index (Phi) is 7.54. The molecule has 0 aliphatic carbocycles. The fourth-order valence-corrected chi connectivity index (χ4v) is 1.27. The molecule has 0 aliphatic rings. The van der Waals surface area contributed by atoms with Crippen LogP contribution < -0.4 is 0 Å². The molecule has 0 aromatic carbocycles. The van der Waals surface area contributed by atoms with Crippen molar-refractivity contribution in [3.05, 3.63) is 0 Å². The first-order valence-corrected chi connectivity index (χ1v) is 5.58. The third-order valence-electron chi connectivity index (χ3n) is 1.94. The van der Waals surface area contributed by atoms with Gasteiger partial charge in [0.25, 0.3) is 0 Å². The van der Waals surface area contributed by atoms with Gasteiger partial charge in [0.1, 0.15) is 6.54 Å². The summed E-state index contributed by atoms with van der Waals surface area (Å²) >= 11 is 0. The summed E-state index contributed by atoms with van der Waals surface area (Å²) in [4.78, 5) is 23.5. The van der Waals surface area contributed by atoms with Crippen LogP contribution in [0.1, 0.15) is 33.6 Å². The number of amides is 1. The number of nitrogens with zero attached hydrogens (tertiary/aromatic N) is 1. The van der Waals surface area contributed by atoms with E-state index in [0.717, 1.165) is 6.42 Å². The van der Waals surface area contributed by atoms with E-state index >= 15 is 0 Å². The highest BCUT2D eigenvalue weighted by Crippen LogP contribution is 1.99. The van der Waals surface area contributed by atoms with Gasteiger partial charge in [0, 0.05) is 6.54 Å². The molecule has 0 saturated carbocycles. The Bertz CT molecular complexity index is 228. The summed E-state index contributed by atoms with van der Waals surface area (Å²) in [6.45, 7) is 6.29. The zero-order valence-electron chi connectivity index (χ0n) is 10.2. The summed E-state index contributed by atoms with van der Waals surface area (Å²) in [7, 11) is 0. The highest BCUT2D eigenvalue weighted by Gasteiger charge is 2.15. The summed E-state index contributed by atoms with van der Waals surface area (Å²) in [5.41, 5.74) is 0. The molecule has 0 rings (SSSR count). The number of rotatable bonds is 8. The number of aliphatic carboxylic acids is 1. The molecule has 1 N–H and O–H groups in total. The molecule has 0 fully saturated rings. The van der Waals surface area contributed by atoms with Gasteiger partial charge >= 0.3 is 5.97 Å². The summed E-state index contributed by atoms with van der Waals surface area (Å²) in [6.07, 6.45) is 1.09. The van der Waals surface area contributed by atoms with E-state index < -0.39 is 5.97 Å². The second-order valence-corrected chi connectivity index (χ2v) is 3.88. The smallest absolute Gasteiger partial charge is 0.323 e. The lowest BCUT2D eigenvalue weighted by Crippen LogP contribution is -2.36. The third kappa shape index (κ3) is 7.23. The number of hydrogen-bond donors (Lipinski definition) is 1. The van der Waals surface area contributed by atoms with Crippen molar-refractivity contribution in [2.45, 2.75) is 39.7 Å². The van der Waals surface area contributed by atoms with Crippen LogP contribution in [0.15, 0.2) is 0 Å². The van der Waals surface area contributed by atoms with E-state index in [9.17, 15) is 9.59 Å². The third-order valence-corrected chi connectivity index (χ3v) is 1.94. The maximum Gasteiger partial charge on any atom is 0.323 e. The SMILES string of the molecule is CCCN(CC(=O)O)C(=O)CCOC(C)C. The van der Waals surface area contributed by atoms with Crippen molar-refractivity contribution in [3.8, 4) is 0 Å². The molecule has 0 bridgehead atoms. The van der Waals surface area contributed by atoms with E-state index in [4.69, 9.17) is 9.84 Å². The molecular formula is C11H21NO4. The first-order chi connectivity index (χ1) is 7.47. The van der Waals surface area contributed by atoms with E-state index in [1.807, 2.05) is 20.8 Å². The number of carboxylic acid groups (broad SMARTS) is 1. The molecule has 0 unspecified atom stereocenters. The van der Waals surface area contributed by atoms with E-state index in [2.05, 4.69) is 0 Å². The summed E-state index contributed by atoms with van der Waals surface area (Å²) in [5, 5.41) is 8.65. The normalized spacial score (nSPS) is 10.5. The van der Waals surface area contributed by atoms with E-state index in [1.165, 1.54) is 4.90 Å². The van der Waals surface area contributed by atoms with Crippen LogP contribution >= 0.6 is 0 Å². The maximum atomic E-state index is 11.6. The predicted molar refractivity (Wildman–Crippen MR) is 60.2 cm³/mol. The molecule has 0 atom stereocenters. The van der Waals surface area contributed by atoms with Gasteiger partial charge in [-0.25, -0.2) is 0 Å². The van der Waals surface area contributed by atoms with Gasteiger partial charge in [-0.3, -0.25) is 9.59 Å². The zero-order valence-corrected chi connectivity index (χ0v) is 10.2. The van der Waals surface area contributed by atoms with Gasteiger partial charge in [0.2, 0.25) is 5.91 Å². The topological polar surface area (TPSA) is 66.8 Å². The van der Waals surface area contributed by atoms with Crippen LogP contribution in [0.5, 0.6) is 0 Å². The van der Waals surface area contributed by atoms with E-state index in [-0.39, 0.29) is 25.0 Å². The minimum absolute atomic E-state index is 0.0897. The largest absolute Gasteiger partial charge is 0.480 e. The first kappa shape index (κ1) is 14.9. The summed E-state index contributed by atoms with van der Waals surface area (Å²) < 4.78 is 5.25. The molecule has 5 heteroatoms. The number of hydrogen-bond acceptors (Lipinski definition) is 3. The second-order valence-electron chi connectivity index (χ2n) is 3.88. The Morgan fingerprint density at radius 3 is 2.44 bits per heavy atom. The van der Waals surface area contributed by atoms with Crippen molar-refractivity contribution in [3.63, 3.8) is 0 Å². The number of carbonyl (C=O) groups is 2. The van der Waals surface area contributed by atoms with Gasteiger partial charge in [-0.1, -0.05) is 6.92 Å². The maximum absolute atomic E-state index is 11.6. The molecule has 0 aromatic heterocycles. The van der Waals surface area contributed by atoms with Crippen molar-refractivity contribution >= 4 is 11.9 Å². The van der Waals surface area contributed by atoms with Crippen molar-refractivity contribution in [2.24, 2.45) is 0 Å². The molecule has 0 saturated heterocycles. The lowest BCUT2D eigenvalue weighted by atomic mass is 10.3. The summed E-state index contributed by atoms with van der Waals surface area (Å²) in [5.74, 6) is -1.14. The Morgan fingerprint density at radius 1 is 1.38 bits per heavy atom. The highest BCUT2D eigenvalue weighted by molar-refractivity contribution is 5.81. The summed E-state index contributed by atoms with van der Waals surface area (Å²) in [6, 6.07) is 0. The van der Waals surface area contributed by atoms with E-state index in [0.29, 0.717) is 13.2 Å². The Morgan fingerprint density at radius 2 is 2.00 bits per heavy atom. The minimum atomic E-state index is -0.980. The number of carbonyl (C=O) groups excluding carboxylic acids is 1. The molecule has 0 aliphatic heterocycles. The average Bonchev–Trinajstić information content (AvgIpc) is 2.15. The standard InChI is InChI=1S/C11H21NO4/c1-4-6-12(8-11(14)15)10(13)5-7-16-9(2)3/h9H,4-8H2,1-3H3,(H,14,15). The molecule has 16 heavy (non-hydrogen) atoms. The zero-order chi connectivity index (χ0) is 12.6. The quantitative estimate of drug-likeness (QED) is 0.680. The molecule has 0 spiro atoms. The Balaban J connectivity index is 4.01. The molecular weight excluding hydrogens is 210 g/mol. The fourth-order valence-electron chi connectivity index (χ4n) is 1.27. The van der Waals surface area contributed by atoms with Gasteiger partial charge < -0.3 is 14.7 Å². The highest BCUT2D eigenvalue weighted by atomic mass is 16.5. The van der Waals surface area contributed by atoms with Crippen LogP contribution in [-0.2, 0) is 14.3 Å². The van der Waals surface area contributed by atoms with E-state index in [1.54, 1.807) is 0 Å². The van der Waals surface area contributed by atoms with Gasteiger partial charge in [0.15, 0.2) is 0 Å². The monoisotopic (exact) mass is 231 g/mol. The lowest BCUT2D eigenvalue weighted by molar-refractivity contribution is -0.145. The molecule has 5 nitrogen and oxygen atoms in total. The number of carboxylic acids is 1. The minimum Gasteiger partial charge on any atom is -0.480 e. The molecule has 0 heterocycles. The van der Waals surface area contributed by atoms with Crippen LogP contribution in [0.4, 0.5) is 0 Å². The van der Waals surface area contributed by atoms with Crippen LogP contribution in [-0.4, -0.2) is 47.7 Å². The first-order valence-electron chi connectivity index (χ1n) is 5.58. The van der Waals surface area contributed by atoms with Gasteiger partial charge in [-0.15, -0.1) is 0 Å². The van der Waals surface area contributed by atoms with Gasteiger partial charge in [-0.05, 0) is 20.3 Å². The van der Waals surface area contributed by atoms with Crippen LogP contribution in [0, 0.1) is 0 Å². The predicted octanol–water partition coefficient (Wildman–Crippen LogP) is 1.12. The lowest BCUT2D eigenvalue weighted by Gasteiger charge is -2.20. The van der Waals surface area contributed by atoms with Crippen LogP contribution in [0.25, 0.3) is 0 Å². The Hall–Kier alpha value is -1.10. The molecule has 0 aromatic rings. The molecule has 0 radical (unpaired) electrons. The molecule has 1 amide bonds. The van der Waals surface area contributed by atoms with Gasteiger partial charge in [-0.2, -0.15) is 0 Å². The van der Waals surface area contributed by atoms with Crippen LogP contribution in [0.2, 0.25) is 0 Å². The fraction of sp³-hybridized carbons (Fsp3) is 0.818. The Labute approximate surface area is 96.4 Å². The van der Waals surface area contributed by atoms with Crippen molar-refractivity contribution in [2.75, 3.05) is 19.7 Å². The van der Waals surface area contributed by atoms with Crippen LogP contribution in [0.3, 0.4) is 0 Å². The van der Waals surface area contributed by atoms with Crippen molar-refractivity contribution in [1.29, 1.82) is 0 Å². The average molecular weight is 231 g/mol. The second kappa shape index (κ2) is 8.10.